The number of methoxy groups -OCH3 is 1. The fraction of sp³-hybridized carbons (Fsp3) is 0.364. The topological polar surface area (TPSA) is 85.6 Å². The van der Waals surface area contributed by atoms with Gasteiger partial charge in [0.05, 0.1) is 29.5 Å². The summed E-state index contributed by atoms with van der Waals surface area (Å²) in [6.07, 6.45) is 5.95. The molecule has 1 aromatic carbocycles. The van der Waals surface area contributed by atoms with Crippen LogP contribution >= 0.6 is 27.3 Å². The average molecular weight is 503 g/mol. The maximum Gasteiger partial charge on any atom is 0.263 e. The molecule has 1 aliphatic rings. The van der Waals surface area contributed by atoms with Gasteiger partial charge in [-0.1, -0.05) is 6.92 Å². The molecule has 1 amide bonds. The van der Waals surface area contributed by atoms with Gasteiger partial charge in [0.25, 0.3) is 11.5 Å². The minimum Gasteiger partial charge on any atom is -0.496 e. The molecular formula is C22H23BrN4O3S. The number of carbonyl (C=O) groups excluding carboxylic acids is 1. The monoisotopic (exact) mass is 502 g/mol. The fourth-order valence-corrected chi connectivity index (χ4v) is 5.67. The number of halogens is 1. The highest BCUT2D eigenvalue weighted by Crippen LogP contribution is 2.35. The highest BCUT2D eigenvalue weighted by atomic mass is 79.9. The molecule has 0 bridgehead atoms. The SMILES string of the molecule is COc1ccc(/C=N\NC(=O)C(C)n2cnc3sc4c(c3c2=O)CCC(C)C4)cc1Br. The van der Waals surface area contributed by atoms with Crippen LogP contribution < -0.4 is 15.7 Å². The van der Waals surface area contributed by atoms with Crippen molar-refractivity contribution < 1.29 is 9.53 Å². The Kier molecular flexibility index (Phi) is 6.24. The molecule has 31 heavy (non-hydrogen) atoms. The minimum atomic E-state index is -0.734. The predicted molar refractivity (Wildman–Crippen MR) is 126 cm³/mol. The summed E-state index contributed by atoms with van der Waals surface area (Å²) in [7, 11) is 1.59. The first-order chi connectivity index (χ1) is 14.9. The van der Waals surface area contributed by atoms with E-state index >= 15 is 0 Å². The fourth-order valence-electron chi connectivity index (χ4n) is 3.77. The van der Waals surface area contributed by atoms with Gasteiger partial charge >= 0.3 is 0 Å². The summed E-state index contributed by atoms with van der Waals surface area (Å²) < 4.78 is 7.38. The predicted octanol–water partition coefficient (Wildman–Crippen LogP) is 4.07. The van der Waals surface area contributed by atoms with Gasteiger partial charge in [-0.2, -0.15) is 5.10 Å². The van der Waals surface area contributed by atoms with Gasteiger partial charge in [0, 0.05) is 4.88 Å². The summed E-state index contributed by atoms with van der Waals surface area (Å²) >= 11 is 5.02. The van der Waals surface area contributed by atoms with Gasteiger partial charge in [-0.25, -0.2) is 10.4 Å². The van der Waals surface area contributed by atoms with Gasteiger partial charge in [0.15, 0.2) is 0 Å². The van der Waals surface area contributed by atoms with Crippen LogP contribution in [0.2, 0.25) is 0 Å². The Hall–Kier alpha value is -2.52. The van der Waals surface area contributed by atoms with E-state index in [-0.39, 0.29) is 11.5 Å². The van der Waals surface area contributed by atoms with Crippen LogP contribution in [0, 0.1) is 5.92 Å². The number of rotatable bonds is 5. The first-order valence-electron chi connectivity index (χ1n) is 10.1. The van der Waals surface area contributed by atoms with Crippen LogP contribution in [0.4, 0.5) is 0 Å². The Bertz CT molecular complexity index is 1230. The lowest BCUT2D eigenvalue weighted by Crippen LogP contribution is -2.34. The van der Waals surface area contributed by atoms with Crippen molar-refractivity contribution in [2.75, 3.05) is 7.11 Å². The molecule has 162 valence electrons. The van der Waals surface area contributed by atoms with Gasteiger partial charge in [0.1, 0.15) is 16.6 Å². The van der Waals surface area contributed by atoms with Crippen molar-refractivity contribution in [1.82, 2.24) is 15.0 Å². The summed E-state index contributed by atoms with van der Waals surface area (Å²) in [6.45, 7) is 3.90. The molecule has 0 saturated carbocycles. The number of nitrogens with one attached hydrogen (secondary N) is 1. The number of thiophene rings is 1. The number of carbonyl (C=O) groups is 1. The molecule has 3 aromatic rings. The molecule has 4 rings (SSSR count). The van der Waals surface area contributed by atoms with E-state index in [0.717, 1.165) is 39.7 Å². The number of amides is 1. The van der Waals surface area contributed by atoms with E-state index < -0.39 is 6.04 Å². The van der Waals surface area contributed by atoms with Gasteiger partial charge in [-0.05, 0) is 77.4 Å². The summed E-state index contributed by atoms with van der Waals surface area (Å²) in [5, 5.41) is 4.69. The highest BCUT2D eigenvalue weighted by molar-refractivity contribution is 9.10. The number of hydrogen-bond donors (Lipinski definition) is 1. The second-order valence-electron chi connectivity index (χ2n) is 7.79. The standard InChI is InChI=1S/C22H23BrN4O3S/c1-12-4-6-15-18(8-12)31-21-19(15)22(29)27(11-24-21)13(2)20(28)26-25-10-14-5-7-17(30-3)16(23)9-14/h5,7,9-13H,4,6,8H2,1-3H3,(H,26,28)/b25-10-. The van der Waals surface area contributed by atoms with Crippen molar-refractivity contribution in [2.45, 2.75) is 39.2 Å². The van der Waals surface area contributed by atoms with Crippen LogP contribution in [0.25, 0.3) is 10.2 Å². The zero-order chi connectivity index (χ0) is 22.1. The lowest BCUT2D eigenvalue weighted by Gasteiger charge is -2.18. The molecule has 0 saturated heterocycles. The van der Waals surface area contributed by atoms with Gasteiger partial charge in [-0.15, -0.1) is 11.3 Å². The molecule has 9 heteroatoms. The van der Waals surface area contributed by atoms with Crippen molar-refractivity contribution in [2.24, 2.45) is 11.0 Å². The number of fused-ring (bicyclic) bond motifs is 3. The molecule has 7 nitrogen and oxygen atoms in total. The molecule has 0 aliphatic heterocycles. The molecule has 2 atom stereocenters. The summed E-state index contributed by atoms with van der Waals surface area (Å²) in [5.74, 6) is 0.948. The third kappa shape index (κ3) is 4.29. The van der Waals surface area contributed by atoms with Gasteiger partial charge in [0.2, 0.25) is 0 Å². The number of hydrogen-bond acceptors (Lipinski definition) is 6. The largest absolute Gasteiger partial charge is 0.496 e. The molecule has 1 aliphatic carbocycles. The molecule has 2 heterocycles. The molecule has 0 radical (unpaired) electrons. The van der Waals surface area contributed by atoms with E-state index in [1.54, 1.807) is 31.4 Å². The number of hydrazone groups is 1. The van der Waals surface area contributed by atoms with Crippen molar-refractivity contribution in [3.05, 3.63) is 55.4 Å². The molecule has 0 spiro atoms. The Labute approximate surface area is 192 Å². The van der Waals surface area contributed by atoms with Gasteiger partial charge < -0.3 is 4.74 Å². The Morgan fingerprint density at radius 1 is 1.48 bits per heavy atom. The molecule has 2 aromatic heterocycles. The van der Waals surface area contributed by atoms with E-state index in [1.165, 1.54) is 22.0 Å². The second kappa shape index (κ2) is 8.92. The summed E-state index contributed by atoms with van der Waals surface area (Å²) in [6, 6.07) is 4.73. The van der Waals surface area contributed by atoms with E-state index in [0.29, 0.717) is 17.1 Å². The van der Waals surface area contributed by atoms with Crippen LogP contribution in [0.15, 0.2) is 38.9 Å². The molecule has 0 fully saturated rings. The third-order valence-electron chi connectivity index (χ3n) is 5.60. The Balaban J connectivity index is 1.53. The molecular weight excluding hydrogens is 480 g/mol. The van der Waals surface area contributed by atoms with Crippen molar-refractivity contribution in [3.63, 3.8) is 0 Å². The van der Waals surface area contributed by atoms with Crippen LogP contribution in [0.5, 0.6) is 5.75 Å². The molecule has 1 N–H and O–H groups in total. The normalized spacial score (nSPS) is 17.0. The van der Waals surface area contributed by atoms with Crippen LogP contribution in [0.3, 0.4) is 0 Å². The van der Waals surface area contributed by atoms with E-state index in [2.05, 4.69) is 38.4 Å². The smallest absolute Gasteiger partial charge is 0.263 e. The van der Waals surface area contributed by atoms with Crippen LogP contribution in [-0.4, -0.2) is 28.8 Å². The zero-order valence-corrected chi connectivity index (χ0v) is 19.9. The Morgan fingerprint density at radius 3 is 3.03 bits per heavy atom. The maximum atomic E-state index is 13.2. The lowest BCUT2D eigenvalue weighted by molar-refractivity contribution is -0.123. The lowest BCUT2D eigenvalue weighted by atomic mass is 9.89. The van der Waals surface area contributed by atoms with E-state index in [9.17, 15) is 9.59 Å². The number of ether oxygens (including phenoxy) is 1. The van der Waals surface area contributed by atoms with Crippen LogP contribution in [0.1, 0.15) is 42.3 Å². The van der Waals surface area contributed by atoms with Crippen molar-refractivity contribution in [3.8, 4) is 5.75 Å². The minimum absolute atomic E-state index is 0.164. The first kappa shape index (κ1) is 21.7. The number of aryl methyl sites for hydroxylation is 1. The van der Waals surface area contributed by atoms with Crippen LogP contribution in [-0.2, 0) is 17.6 Å². The Morgan fingerprint density at radius 2 is 2.29 bits per heavy atom. The number of aromatic nitrogens is 2. The van der Waals surface area contributed by atoms with Crippen molar-refractivity contribution >= 4 is 49.6 Å². The van der Waals surface area contributed by atoms with Gasteiger partial charge in [-0.3, -0.25) is 14.2 Å². The third-order valence-corrected chi connectivity index (χ3v) is 7.38. The quantitative estimate of drug-likeness (QED) is 0.420. The summed E-state index contributed by atoms with van der Waals surface area (Å²) in [4.78, 5) is 32.3. The zero-order valence-electron chi connectivity index (χ0n) is 17.5. The van der Waals surface area contributed by atoms with E-state index in [4.69, 9.17) is 4.74 Å². The average Bonchev–Trinajstić information content (AvgIpc) is 3.12. The van der Waals surface area contributed by atoms with Crippen molar-refractivity contribution in [1.29, 1.82) is 0 Å². The maximum absolute atomic E-state index is 13.2. The molecule has 2 unspecified atom stereocenters. The highest BCUT2D eigenvalue weighted by Gasteiger charge is 2.25. The second-order valence-corrected chi connectivity index (χ2v) is 9.73. The van der Waals surface area contributed by atoms with E-state index in [1.807, 2.05) is 12.1 Å². The first-order valence-corrected chi connectivity index (χ1v) is 11.7. The summed E-state index contributed by atoms with van der Waals surface area (Å²) in [5.41, 5.74) is 4.25. The number of benzene rings is 1. The number of nitrogens with zero attached hydrogens (tertiary/aromatic N) is 3.